The van der Waals surface area contributed by atoms with Crippen LogP contribution in [0.25, 0.3) is 0 Å². The van der Waals surface area contributed by atoms with Crippen LogP contribution in [0, 0.1) is 11.8 Å². The molecule has 0 amide bonds. The summed E-state index contributed by atoms with van der Waals surface area (Å²) in [7, 11) is 0. The zero-order chi connectivity index (χ0) is 8.77. The lowest BCUT2D eigenvalue weighted by molar-refractivity contribution is 0.0740. The molecule has 70 valence electrons. The Bertz CT molecular complexity index is 182. The lowest BCUT2D eigenvalue weighted by Gasteiger charge is -2.47. The minimum Gasteiger partial charge on any atom is -0.271 e. The van der Waals surface area contributed by atoms with Crippen LogP contribution in [0.4, 0.5) is 0 Å². The summed E-state index contributed by atoms with van der Waals surface area (Å²) in [4.78, 5) is 0. The van der Waals surface area contributed by atoms with Crippen molar-refractivity contribution in [2.45, 2.75) is 37.8 Å². The van der Waals surface area contributed by atoms with E-state index < -0.39 is 0 Å². The smallest absolute Gasteiger partial charge is 0.0339 e. The summed E-state index contributed by atoms with van der Waals surface area (Å²) in [5.41, 5.74) is 5.92. The lowest BCUT2D eigenvalue weighted by Crippen LogP contribution is -2.63. The zero-order valence-corrected chi connectivity index (χ0v) is 7.51. The molecule has 0 heterocycles. The van der Waals surface area contributed by atoms with Crippen molar-refractivity contribution in [1.29, 1.82) is 0 Å². The number of nitrogens with one attached hydrogen (secondary N) is 2. The van der Waals surface area contributed by atoms with Crippen molar-refractivity contribution in [3.8, 4) is 0 Å². The highest BCUT2D eigenvalue weighted by atomic mass is 15.3. The van der Waals surface area contributed by atoms with Crippen molar-refractivity contribution < 1.29 is 0 Å². The Hall–Kier alpha value is -0.160. The van der Waals surface area contributed by atoms with Gasteiger partial charge in [0.05, 0.1) is 0 Å². The third-order valence-electron chi connectivity index (χ3n) is 3.81. The summed E-state index contributed by atoms with van der Waals surface area (Å²) < 4.78 is 0. The summed E-state index contributed by atoms with van der Waals surface area (Å²) in [6, 6.07) is 0.471. The number of fused-ring (bicyclic) bond motifs is 1. The fourth-order valence-corrected chi connectivity index (χ4v) is 3.01. The third-order valence-corrected chi connectivity index (χ3v) is 3.81. The minimum absolute atomic E-state index is 0.111. The van der Waals surface area contributed by atoms with Crippen LogP contribution in [-0.4, -0.2) is 11.6 Å². The largest absolute Gasteiger partial charge is 0.271 e. The molecule has 2 saturated carbocycles. The first-order chi connectivity index (χ1) is 5.71. The van der Waals surface area contributed by atoms with E-state index in [1.807, 2.05) is 0 Å². The summed E-state index contributed by atoms with van der Waals surface area (Å²) in [5.74, 6) is 12.5. The Labute approximate surface area is 73.0 Å². The van der Waals surface area contributed by atoms with Crippen LogP contribution in [-0.2, 0) is 0 Å². The summed E-state index contributed by atoms with van der Waals surface area (Å²) in [6.45, 7) is 2.20. The monoisotopic (exact) mass is 170 g/mol. The standard InChI is InChI=1S/C8H18N4/c1-8(12-10)3-2-5-4-6(11-9)7(5)8/h5-7,11-12H,2-4,9-10H2,1H3. The second-order valence-corrected chi connectivity index (χ2v) is 4.40. The van der Waals surface area contributed by atoms with Gasteiger partial charge in [-0.15, -0.1) is 0 Å². The second-order valence-electron chi connectivity index (χ2n) is 4.40. The molecule has 0 aliphatic heterocycles. The van der Waals surface area contributed by atoms with Crippen molar-refractivity contribution in [3.63, 3.8) is 0 Å². The average Bonchev–Trinajstić information content (AvgIpc) is 2.26. The SMILES string of the molecule is CC1(NN)CCC2CC(NN)C21. The zero-order valence-electron chi connectivity index (χ0n) is 7.51. The molecule has 0 spiro atoms. The van der Waals surface area contributed by atoms with Gasteiger partial charge < -0.3 is 0 Å². The van der Waals surface area contributed by atoms with E-state index in [0.29, 0.717) is 12.0 Å². The Kier molecular flexibility index (Phi) is 1.88. The van der Waals surface area contributed by atoms with Gasteiger partial charge in [0.1, 0.15) is 0 Å². The molecule has 2 fully saturated rings. The summed E-state index contributed by atoms with van der Waals surface area (Å²) in [5, 5.41) is 0. The second kappa shape index (κ2) is 2.67. The van der Waals surface area contributed by atoms with Gasteiger partial charge in [0, 0.05) is 11.6 Å². The maximum absolute atomic E-state index is 5.55. The number of rotatable bonds is 2. The Balaban J connectivity index is 2.09. The van der Waals surface area contributed by atoms with Crippen molar-refractivity contribution >= 4 is 0 Å². The van der Waals surface area contributed by atoms with E-state index in [1.54, 1.807) is 0 Å². The fraction of sp³-hybridized carbons (Fsp3) is 1.00. The molecule has 0 bridgehead atoms. The number of hydrazine groups is 2. The number of nitrogens with two attached hydrogens (primary N) is 2. The first-order valence-corrected chi connectivity index (χ1v) is 4.65. The van der Waals surface area contributed by atoms with Gasteiger partial charge in [-0.2, -0.15) is 0 Å². The van der Waals surface area contributed by atoms with Crippen LogP contribution in [0.1, 0.15) is 26.2 Å². The maximum Gasteiger partial charge on any atom is 0.0339 e. The quantitative estimate of drug-likeness (QED) is 0.332. The first kappa shape index (κ1) is 8.44. The molecule has 0 aromatic rings. The predicted molar refractivity (Wildman–Crippen MR) is 47.7 cm³/mol. The number of hydrogen-bond acceptors (Lipinski definition) is 4. The normalized spacial score (nSPS) is 51.8. The Morgan fingerprint density at radius 1 is 1.42 bits per heavy atom. The predicted octanol–water partition coefficient (Wildman–Crippen LogP) is -0.530. The molecule has 2 aliphatic carbocycles. The van der Waals surface area contributed by atoms with Crippen molar-refractivity contribution in [2.24, 2.45) is 23.5 Å². The van der Waals surface area contributed by atoms with Crippen molar-refractivity contribution in [2.75, 3.05) is 0 Å². The molecular formula is C8H18N4. The van der Waals surface area contributed by atoms with Gasteiger partial charge in [0.25, 0.3) is 0 Å². The average molecular weight is 170 g/mol. The van der Waals surface area contributed by atoms with E-state index >= 15 is 0 Å². The van der Waals surface area contributed by atoms with E-state index in [1.165, 1.54) is 19.3 Å². The summed E-state index contributed by atoms with van der Waals surface area (Å²) >= 11 is 0. The Morgan fingerprint density at radius 3 is 2.75 bits per heavy atom. The molecule has 0 radical (unpaired) electrons. The van der Waals surface area contributed by atoms with Gasteiger partial charge in [-0.25, -0.2) is 0 Å². The highest BCUT2D eigenvalue weighted by Gasteiger charge is 2.55. The highest BCUT2D eigenvalue weighted by Crippen LogP contribution is 2.51. The van der Waals surface area contributed by atoms with Crippen LogP contribution >= 0.6 is 0 Å². The van der Waals surface area contributed by atoms with Gasteiger partial charge in [0.2, 0.25) is 0 Å². The van der Waals surface area contributed by atoms with Gasteiger partial charge in [-0.3, -0.25) is 22.5 Å². The highest BCUT2D eigenvalue weighted by molar-refractivity contribution is 5.10. The van der Waals surface area contributed by atoms with Gasteiger partial charge in [-0.05, 0) is 38.0 Å². The van der Waals surface area contributed by atoms with Crippen LogP contribution in [0.2, 0.25) is 0 Å². The molecule has 4 atom stereocenters. The Morgan fingerprint density at radius 2 is 2.17 bits per heavy atom. The molecule has 4 unspecified atom stereocenters. The van der Waals surface area contributed by atoms with E-state index in [4.69, 9.17) is 11.7 Å². The van der Waals surface area contributed by atoms with Gasteiger partial charge >= 0.3 is 0 Å². The van der Waals surface area contributed by atoms with E-state index in [2.05, 4.69) is 17.8 Å². The van der Waals surface area contributed by atoms with E-state index in [-0.39, 0.29) is 5.54 Å². The fourth-order valence-electron chi connectivity index (χ4n) is 3.01. The van der Waals surface area contributed by atoms with E-state index in [0.717, 1.165) is 5.92 Å². The molecule has 12 heavy (non-hydrogen) atoms. The van der Waals surface area contributed by atoms with Gasteiger partial charge in [-0.1, -0.05) is 0 Å². The number of hydrogen-bond donors (Lipinski definition) is 4. The lowest BCUT2D eigenvalue weighted by atomic mass is 9.66. The molecule has 0 aromatic carbocycles. The van der Waals surface area contributed by atoms with E-state index in [9.17, 15) is 0 Å². The van der Waals surface area contributed by atoms with Crippen LogP contribution < -0.4 is 22.5 Å². The van der Waals surface area contributed by atoms with Crippen LogP contribution in [0.15, 0.2) is 0 Å². The topological polar surface area (TPSA) is 76.1 Å². The maximum atomic E-state index is 5.55. The van der Waals surface area contributed by atoms with Crippen molar-refractivity contribution in [3.05, 3.63) is 0 Å². The van der Waals surface area contributed by atoms with Crippen LogP contribution in [0.3, 0.4) is 0 Å². The third kappa shape index (κ3) is 0.925. The molecule has 2 aliphatic rings. The summed E-state index contributed by atoms with van der Waals surface area (Å²) in [6.07, 6.45) is 3.69. The molecule has 0 saturated heterocycles. The molecule has 2 rings (SSSR count). The minimum atomic E-state index is 0.111. The molecule has 0 aromatic heterocycles. The molecule has 4 heteroatoms. The van der Waals surface area contributed by atoms with Crippen LogP contribution in [0.5, 0.6) is 0 Å². The molecular weight excluding hydrogens is 152 g/mol. The first-order valence-electron chi connectivity index (χ1n) is 4.65. The molecule has 4 nitrogen and oxygen atoms in total. The molecule has 6 N–H and O–H groups in total. The van der Waals surface area contributed by atoms with Gasteiger partial charge in [0.15, 0.2) is 0 Å². The van der Waals surface area contributed by atoms with Crippen molar-refractivity contribution in [1.82, 2.24) is 10.9 Å².